The van der Waals surface area contributed by atoms with Crippen molar-refractivity contribution < 1.29 is 13.2 Å². The maximum Gasteiger partial charge on any atom is 0.246 e. The molecule has 7 nitrogen and oxygen atoms in total. The van der Waals surface area contributed by atoms with Gasteiger partial charge < -0.3 is 10.5 Å². The molecule has 1 aromatic heterocycles. The van der Waals surface area contributed by atoms with Crippen molar-refractivity contribution in [3.63, 3.8) is 0 Å². The number of hydrogen-bond donors (Lipinski definition) is 2. The lowest BCUT2D eigenvalue weighted by atomic mass is 10.3. The van der Waals surface area contributed by atoms with Crippen LogP contribution in [0.2, 0.25) is 0 Å². The van der Waals surface area contributed by atoms with E-state index in [0.717, 1.165) is 12.8 Å². The highest BCUT2D eigenvalue weighted by atomic mass is 32.2. The van der Waals surface area contributed by atoms with Gasteiger partial charge in [-0.05, 0) is 19.3 Å². The van der Waals surface area contributed by atoms with Gasteiger partial charge in [0.2, 0.25) is 10.0 Å². The molecule has 0 radical (unpaired) electrons. The van der Waals surface area contributed by atoms with Gasteiger partial charge >= 0.3 is 0 Å². The zero-order valence-corrected chi connectivity index (χ0v) is 11.3. The quantitative estimate of drug-likeness (QED) is 0.795. The molecule has 1 heterocycles. The third kappa shape index (κ3) is 2.65. The van der Waals surface area contributed by atoms with E-state index in [1.807, 2.05) is 0 Å². The number of rotatable bonds is 4. The molecule has 0 aliphatic heterocycles. The van der Waals surface area contributed by atoms with E-state index in [9.17, 15) is 8.42 Å². The molecule has 2 rings (SSSR count). The van der Waals surface area contributed by atoms with E-state index in [2.05, 4.69) is 9.82 Å². The number of aryl methyl sites for hydroxylation is 1. The molecule has 0 saturated heterocycles. The van der Waals surface area contributed by atoms with Crippen LogP contribution in [0, 0.1) is 0 Å². The summed E-state index contributed by atoms with van der Waals surface area (Å²) in [5, 5.41) is 3.83. The minimum atomic E-state index is -3.60. The molecule has 3 N–H and O–H groups in total. The van der Waals surface area contributed by atoms with E-state index in [0.29, 0.717) is 6.42 Å². The molecule has 102 valence electrons. The van der Waals surface area contributed by atoms with E-state index in [-0.39, 0.29) is 22.9 Å². The molecule has 0 bridgehead atoms. The first-order chi connectivity index (χ1) is 8.42. The first-order valence-corrected chi connectivity index (χ1v) is 7.25. The third-order valence-corrected chi connectivity index (χ3v) is 4.69. The fourth-order valence-electron chi connectivity index (χ4n) is 2.24. The molecule has 2 unspecified atom stereocenters. The van der Waals surface area contributed by atoms with E-state index in [4.69, 9.17) is 10.5 Å². The van der Waals surface area contributed by atoms with Crippen molar-refractivity contribution in [3.8, 4) is 0 Å². The van der Waals surface area contributed by atoms with Crippen LogP contribution in [0.15, 0.2) is 11.1 Å². The van der Waals surface area contributed by atoms with Crippen LogP contribution < -0.4 is 10.5 Å². The number of nitrogen functional groups attached to an aromatic ring is 1. The fraction of sp³-hybridized carbons (Fsp3) is 0.700. The summed E-state index contributed by atoms with van der Waals surface area (Å²) in [4.78, 5) is 0.0332. The Bertz CT molecular complexity index is 525. The molecule has 1 aliphatic rings. The van der Waals surface area contributed by atoms with Gasteiger partial charge in [0.1, 0.15) is 4.90 Å². The van der Waals surface area contributed by atoms with Crippen molar-refractivity contribution in [1.82, 2.24) is 14.5 Å². The smallest absolute Gasteiger partial charge is 0.246 e. The Kier molecular flexibility index (Phi) is 3.60. The zero-order valence-electron chi connectivity index (χ0n) is 10.5. The van der Waals surface area contributed by atoms with Crippen molar-refractivity contribution in [2.45, 2.75) is 36.3 Å². The van der Waals surface area contributed by atoms with Crippen LogP contribution in [0.25, 0.3) is 0 Å². The first-order valence-electron chi connectivity index (χ1n) is 5.76. The van der Waals surface area contributed by atoms with Crippen molar-refractivity contribution in [2.75, 3.05) is 12.8 Å². The summed E-state index contributed by atoms with van der Waals surface area (Å²) < 4.78 is 33.5. The lowest BCUT2D eigenvalue weighted by Crippen LogP contribution is -2.33. The molecule has 18 heavy (non-hydrogen) atoms. The van der Waals surface area contributed by atoms with Crippen molar-refractivity contribution in [1.29, 1.82) is 0 Å². The molecule has 1 saturated carbocycles. The summed E-state index contributed by atoms with van der Waals surface area (Å²) in [5.74, 6) is 0.0197. The number of ether oxygens (including phenoxy) is 1. The Morgan fingerprint density at radius 3 is 2.78 bits per heavy atom. The summed E-state index contributed by atoms with van der Waals surface area (Å²) in [6, 6.07) is -0.0976. The largest absolute Gasteiger partial charge is 0.381 e. The number of methoxy groups -OCH3 is 1. The van der Waals surface area contributed by atoms with Gasteiger partial charge in [-0.2, -0.15) is 5.10 Å². The summed E-state index contributed by atoms with van der Waals surface area (Å²) >= 11 is 0. The number of anilines is 1. The van der Waals surface area contributed by atoms with Gasteiger partial charge in [0.25, 0.3) is 0 Å². The normalized spacial score (nSPS) is 24.6. The minimum Gasteiger partial charge on any atom is -0.381 e. The topological polar surface area (TPSA) is 99.2 Å². The Labute approximate surface area is 106 Å². The molecule has 0 aromatic carbocycles. The molecule has 0 amide bonds. The van der Waals surface area contributed by atoms with E-state index in [1.54, 1.807) is 14.2 Å². The number of nitrogens with two attached hydrogens (primary N) is 1. The highest BCUT2D eigenvalue weighted by Gasteiger charge is 2.30. The van der Waals surface area contributed by atoms with Crippen LogP contribution in [0.3, 0.4) is 0 Å². The molecular formula is C10H18N4O3S. The van der Waals surface area contributed by atoms with Crippen LogP contribution in [0.4, 0.5) is 5.82 Å². The number of hydrogen-bond acceptors (Lipinski definition) is 5. The van der Waals surface area contributed by atoms with Crippen LogP contribution in [0.1, 0.15) is 19.3 Å². The van der Waals surface area contributed by atoms with Crippen LogP contribution in [0.5, 0.6) is 0 Å². The van der Waals surface area contributed by atoms with Gasteiger partial charge in [-0.15, -0.1) is 0 Å². The Balaban J connectivity index is 2.11. The van der Waals surface area contributed by atoms with Gasteiger partial charge in [-0.3, -0.25) is 4.68 Å². The van der Waals surface area contributed by atoms with Gasteiger partial charge in [-0.25, -0.2) is 13.1 Å². The highest BCUT2D eigenvalue weighted by Crippen LogP contribution is 2.24. The second-order valence-electron chi connectivity index (χ2n) is 4.54. The van der Waals surface area contributed by atoms with E-state index in [1.165, 1.54) is 10.9 Å². The van der Waals surface area contributed by atoms with Crippen LogP contribution in [-0.2, 0) is 21.8 Å². The highest BCUT2D eigenvalue weighted by molar-refractivity contribution is 7.89. The molecular weight excluding hydrogens is 256 g/mol. The van der Waals surface area contributed by atoms with Gasteiger partial charge in [0, 0.05) is 26.4 Å². The lowest BCUT2D eigenvalue weighted by Gasteiger charge is -2.12. The predicted octanol–water partition coefficient (Wildman–Crippen LogP) is -0.152. The first kappa shape index (κ1) is 13.3. The Hall–Kier alpha value is -1.12. The standard InChI is InChI=1S/C10H18N4O3S/c1-14-6-9(10(11)12-14)18(15,16)13-7-3-4-8(5-7)17-2/h6-8,13H,3-5H2,1-2H3,(H2,11,12). The second kappa shape index (κ2) is 4.87. The summed E-state index contributed by atoms with van der Waals surface area (Å²) in [6.07, 6.45) is 3.87. The SMILES string of the molecule is COC1CCC(NS(=O)(=O)c2cn(C)nc2N)C1. The summed E-state index contributed by atoms with van der Waals surface area (Å²) in [6.45, 7) is 0. The number of sulfonamides is 1. The van der Waals surface area contributed by atoms with Crippen molar-refractivity contribution in [3.05, 3.63) is 6.20 Å². The average Bonchev–Trinajstić information content (AvgIpc) is 2.84. The summed E-state index contributed by atoms with van der Waals surface area (Å²) in [5.41, 5.74) is 5.58. The number of nitrogens with one attached hydrogen (secondary N) is 1. The number of aromatic nitrogens is 2. The number of nitrogens with zero attached hydrogens (tertiary/aromatic N) is 2. The average molecular weight is 274 g/mol. The molecule has 1 aliphatic carbocycles. The molecule has 1 aromatic rings. The van der Waals surface area contributed by atoms with Gasteiger partial charge in [-0.1, -0.05) is 0 Å². The van der Waals surface area contributed by atoms with Crippen molar-refractivity contribution >= 4 is 15.8 Å². The van der Waals surface area contributed by atoms with Gasteiger partial charge in [0.15, 0.2) is 5.82 Å². The van der Waals surface area contributed by atoms with Crippen LogP contribution in [-0.4, -0.2) is 37.5 Å². The van der Waals surface area contributed by atoms with Gasteiger partial charge in [0.05, 0.1) is 6.10 Å². The van der Waals surface area contributed by atoms with Crippen LogP contribution >= 0.6 is 0 Å². The van der Waals surface area contributed by atoms with Crippen molar-refractivity contribution in [2.24, 2.45) is 7.05 Å². The Morgan fingerprint density at radius 1 is 1.56 bits per heavy atom. The Morgan fingerprint density at radius 2 is 2.28 bits per heavy atom. The minimum absolute atomic E-state index is 0.0197. The monoisotopic (exact) mass is 274 g/mol. The van der Waals surface area contributed by atoms with E-state index >= 15 is 0 Å². The second-order valence-corrected chi connectivity index (χ2v) is 6.22. The molecule has 0 spiro atoms. The zero-order chi connectivity index (χ0) is 13.3. The van der Waals surface area contributed by atoms with E-state index < -0.39 is 10.0 Å². The lowest BCUT2D eigenvalue weighted by molar-refractivity contribution is 0.107. The maximum atomic E-state index is 12.1. The molecule has 2 atom stereocenters. The predicted molar refractivity (Wildman–Crippen MR) is 66.4 cm³/mol. The summed E-state index contributed by atoms with van der Waals surface area (Å²) in [7, 11) is -0.329. The third-order valence-electron chi connectivity index (χ3n) is 3.15. The maximum absolute atomic E-state index is 12.1. The molecule has 8 heteroatoms. The fourth-order valence-corrected chi connectivity index (χ4v) is 3.62. The molecule has 1 fully saturated rings.